The molecule has 3 aromatic rings. The molecule has 0 bridgehead atoms. The van der Waals surface area contributed by atoms with Crippen LogP contribution in [0.5, 0.6) is 0 Å². The van der Waals surface area contributed by atoms with Crippen LogP contribution in [-0.2, 0) is 0 Å². The first-order valence-corrected chi connectivity index (χ1v) is 7.69. The summed E-state index contributed by atoms with van der Waals surface area (Å²) >= 11 is 0. The van der Waals surface area contributed by atoms with Crippen molar-refractivity contribution in [2.24, 2.45) is 4.99 Å². The van der Waals surface area contributed by atoms with Crippen LogP contribution in [0.25, 0.3) is 5.69 Å². The van der Waals surface area contributed by atoms with Gasteiger partial charge in [0.25, 0.3) is 0 Å². The molecule has 0 N–H and O–H groups in total. The number of aromatic nitrogens is 1. The van der Waals surface area contributed by atoms with Crippen molar-refractivity contribution in [2.75, 3.05) is 19.0 Å². The molecule has 3 heteroatoms. The molecule has 0 spiro atoms. The number of anilines is 1. The normalized spacial score (nSPS) is 11.1. The molecule has 0 fully saturated rings. The van der Waals surface area contributed by atoms with Gasteiger partial charge in [0.05, 0.1) is 5.69 Å². The largest absolute Gasteiger partial charge is 0.378 e. The van der Waals surface area contributed by atoms with Gasteiger partial charge in [-0.05, 0) is 49.4 Å². The molecule has 3 rings (SSSR count). The molecule has 1 aromatic heterocycles. The van der Waals surface area contributed by atoms with E-state index < -0.39 is 0 Å². The van der Waals surface area contributed by atoms with E-state index in [1.807, 2.05) is 38.5 Å². The highest BCUT2D eigenvalue weighted by atomic mass is 15.1. The number of rotatable bonds is 4. The molecule has 0 radical (unpaired) electrons. The van der Waals surface area contributed by atoms with Crippen LogP contribution in [-0.4, -0.2) is 24.9 Å². The first-order valence-electron chi connectivity index (χ1n) is 7.69. The van der Waals surface area contributed by atoms with Crippen LogP contribution >= 0.6 is 0 Å². The Balaban J connectivity index is 1.80. The molecular formula is C20H21N3. The van der Waals surface area contributed by atoms with E-state index in [1.165, 1.54) is 17.1 Å². The molecule has 0 aliphatic heterocycles. The van der Waals surface area contributed by atoms with Crippen molar-refractivity contribution in [3.8, 4) is 5.69 Å². The average molecular weight is 303 g/mol. The fourth-order valence-electron chi connectivity index (χ4n) is 2.52. The molecule has 0 saturated heterocycles. The van der Waals surface area contributed by atoms with Crippen LogP contribution in [0.1, 0.15) is 11.3 Å². The van der Waals surface area contributed by atoms with Gasteiger partial charge >= 0.3 is 0 Å². The summed E-state index contributed by atoms with van der Waals surface area (Å²) < 4.78 is 2.18. The van der Waals surface area contributed by atoms with Crippen molar-refractivity contribution >= 4 is 17.6 Å². The highest BCUT2D eigenvalue weighted by Gasteiger charge is 2.02. The Labute approximate surface area is 137 Å². The van der Waals surface area contributed by atoms with E-state index in [0.717, 1.165) is 11.3 Å². The monoisotopic (exact) mass is 303 g/mol. The zero-order chi connectivity index (χ0) is 16.2. The Morgan fingerprint density at radius 3 is 2.30 bits per heavy atom. The predicted molar refractivity (Wildman–Crippen MR) is 98.5 cm³/mol. The number of hydrogen-bond donors (Lipinski definition) is 0. The van der Waals surface area contributed by atoms with Crippen molar-refractivity contribution in [3.63, 3.8) is 0 Å². The van der Waals surface area contributed by atoms with Gasteiger partial charge in [0.1, 0.15) is 0 Å². The minimum absolute atomic E-state index is 0.959. The molecule has 0 aliphatic rings. The summed E-state index contributed by atoms with van der Waals surface area (Å²) in [5.41, 5.74) is 5.60. The average Bonchev–Trinajstić information content (AvgIpc) is 2.95. The Bertz CT molecular complexity index is 797. The van der Waals surface area contributed by atoms with Crippen LogP contribution in [0.2, 0.25) is 0 Å². The topological polar surface area (TPSA) is 20.5 Å². The lowest BCUT2D eigenvalue weighted by Crippen LogP contribution is -2.07. The smallest absolute Gasteiger partial charge is 0.0631 e. The Morgan fingerprint density at radius 2 is 1.65 bits per heavy atom. The molecule has 0 unspecified atom stereocenters. The zero-order valence-corrected chi connectivity index (χ0v) is 13.8. The van der Waals surface area contributed by atoms with Gasteiger partial charge in [-0.3, -0.25) is 4.99 Å². The molecule has 2 aromatic carbocycles. The van der Waals surface area contributed by atoms with E-state index in [-0.39, 0.29) is 0 Å². The molecule has 0 aliphatic carbocycles. The van der Waals surface area contributed by atoms with Gasteiger partial charge in [0, 0.05) is 49.1 Å². The fourth-order valence-corrected chi connectivity index (χ4v) is 2.52. The quantitative estimate of drug-likeness (QED) is 0.645. The second-order valence-electron chi connectivity index (χ2n) is 5.79. The first kappa shape index (κ1) is 15.1. The van der Waals surface area contributed by atoms with Gasteiger partial charge in [-0.25, -0.2) is 0 Å². The molecule has 0 atom stereocenters. The maximum absolute atomic E-state index is 4.57. The summed E-state index contributed by atoms with van der Waals surface area (Å²) in [6.45, 7) is 2.11. The van der Waals surface area contributed by atoms with Gasteiger partial charge in [0.15, 0.2) is 0 Å². The molecular weight excluding hydrogens is 282 g/mol. The third-order valence-corrected chi connectivity index (χ3v) is 3.80. The molecule has 1 heterocycles. The second-order valence-corrected chi connectivity index (χ2v) is 5.79. The van der Waals surface area contributed by atoms with E-state index in [9.17, 15) is 0 Å². The maximum atomic E-state index is 4.57. The van der Waals surface area contributed by atoms with Gasteiger partial charge in [-0.15, -0.1) is 0 Å². The van der Waals surface area contributed by atoms with Crippen LogP contribution in [0.4, 0.5) is 11.4 Å². The Hall–Kier alpha value is -2.81. The van der Waals surface area contributed by atoms with Crippen LogP contribution in [0.15, 0.2) is 71.9 Å². The summed E-state index contributed by atoms with van der Waals surface area (Å²) in [5, 5.41) is 0. The number of aliphatic imine (C=N–C) groups is 1. The van der Waals surface area contributed by atoms with Crippen LogP contribution in [0.3, 0.4) is 0 Å². The summed E-state index contributed by atoms with van der Waals surface area (Å²) in [6, 6.07) is 20.7. The standard InChI is InChI=1S/C20H21N3/c1-16-13-17(15-23(16)20-7-5-4-6-8-20)14-21-18-9-11-19(12-10-18)22(2)3/h4-15H,1-3H3. The van der Waals surface area contributed by atoms with Crippen molar-refractivity contribution in [2.45, 2.75) is 6.92 Å². The third kappa shape index (κ3) is 3.51. The lowest BCUT2D eigenvalue weighted by Gasteiger charge is -2.11. The summed E-state index contributed by atoms with van der Waals surface area (Å²) in [7, 11) is 4.07. The molecule has 0 saturated carbocycles. The van der Waals surface area contributed by atoms with Crippen molar-refractivity contribution in [3.05, 3.63) is 78.1 Å². The molecule has 3 nitrogen and oxygen atoms in total. The number of benzene rings is 2. The maximum Gasteiger partial charge on any atom is 0.0631 e. The zero-order valence-electron chi connectivity index (χ0n) is 13.8. The first-order chi connectivity index (χ1) is 11.1. The van der Waals surface area contributed by atoms with Gasteiger partial charge < -0.3 is 9.47 Å². The lowest BCUT2D eigenvalue weighted by molar-refractivity contribution is 1.02. The molecule has 116 valence electrons. The minimum atomic E-state index is 0.959. The number of para-hydroxylation sites is 1. The van der Waals surface area contributed by atoms with E-state index in [1.54, 1.807) is 0 Å². The molecule has 0 amide bonds. The fraction of sp³-hybridized carbons (Fsp3) is 0.150. The Kier molecular flexibility index (Phi) is 4.29. The van der Waals surface area contributed by atoms with Crippen molar-refractivity contribution < 1.29 is 0 Å². The second kappa shape index (κ2) is 6.53. The highest BCUT2D eigenvalue weighted by Crippen LogP contribution is 2.19. The van der Waals surface area contributed by atoms with Gasteiger partial charge in [-0.1, -0.05) is 18.2 Å². The van der Waals surface area contributed by atoms with Crippen LogP contribution in [0, 0.1) is 6.92 Å². The SMILES string of the molecule is Cc1cc(C=Nc2ccc(N(C)C)cc2)cn1-c1ccccc1. The Morgan fingerprint density at radius 1 is 0.957 bits per heavy atom. The predicted octanol–water partition coefficient (Wildman–Crippen LogP) is 4.60. The van der Waals surface area contributed by atoms with Crippen molar-refractivity contribution in [1.82, 2.24) is 4.57 Å². The number of aryl methyl sites for hydroxylation is 1. The number of hydrogen-bond acceptors (Lipinski definition) is 2. The van der Waals surface area contributed by atoms with Gasteiger partial charge in [0.2, 0.25) is 0 Å². The highest BCUT2D eigenvalue weighted by molar-refractivity contribution is 5.82. The van der Waals surface area contributed by atoms with E-state index in [4.69, 9.17) is 0 Å². The third-order valence-electron chi connectivity index (χ3n) is 3.80. The van der Waals surface area contributed by atoms with Gasteiger partial charge in [-0.2, -0.15) is 0 Å². The lowest BCUT2D eigenvalue weighted by atomic mass is 10.2. The van der Waals surface area contributed by atoms with E-state index in [2.05, 4.69) is 70.0 Å². The van der Waals surface area contributed by atoms with Crippen LogP contribution < -0.4 is 4.90 Å². The van der Waals surface area contributed by atoms with E-state index in [0.29, 0.717) is 0 Å². The summed E-state index contributed by atoms with van der Waals surface area (Å²) in [6.07, 6.45) is 4.03. The molecule has 23 heavy (non-hydrogen) atoms. The van der Waals surface area contributed by atoms with Crippen molar-refractivity contribution in [1.29, 1.82) is 0 Å². The summed E-state index contributed by atoms with van der Waals surface area (Å²) in [5.74, 6) is 0. The minimum Gasteiger partial charge on any atom is -0.378 e. The number of nitrogens with zero attached hydrogens (tertiary/aromatic N) is 3. The summed E-state index contributed by atoms with van der Waals surface area (Å²) in [4.78, 5) is 6.65. The van der Waals surface area contributed by atoms with E-state index >= 15 is 0 Å².